The first-order valence-corrected chi connectivity index (χ1v) is 6.71. The third-order valence-corrected chi connectivity index (χ3v) is 3.96. The van der Waals surface area contributed by atoms with E-state index in [9.17, 15) is 0 Å². The average Bonchev–Trinajstić information content (AvgIpc) is 2.67. The Morgan fingerprint density at radius 2 is 1.82 bits per heavy atom. The summed E-state index contributed by atoms with van der Waals surface area (Å²) in [6.07, 6.45) is 0. The predicted octanol–water partition coefficient (Wildman–Crippen LogP) is 0.0536. The molecule has 0 amide bonds. The lowest BCUT2D eigenvalue weighted by molar-refractivity contribution is -0.475. The molecular formula is C12H14BrClN2S. The second kappa shape index (κ2) is 5.48. The molecule has 17 heavy (non-hydrogen) atoms. The molecule has 0 fully saturated rings. The minimum Gasteiger partial charge on any atom is -1.00 e. The second-order valence-corrected chi connectivity index (χ2v) is 6.20. The quantitative estimate of drug-likeness (QED) is 0.829. The van der Waals surface area contributed by atoms with E-state index in [-0.39, 0.29) is 17.9 Å². The van der Waals surface area contributed by atoms with E-state index < -0.39 is 0 Å². The Kier molecular flexibility index (Phi) is 4.72. The highest BCUT2D eigenvalue weighted by Crippen LogP contribution is 2.27. The molecule has 0 radical (unpaired) electrons. The highest BCUT2D eigenvalue weighted by Gasteiger charge is 2.22. The van der Waals surface area contributed by atoms with Crippen LogP contribution in [0.3, 0.4) is 0 Å². The Hall–Kier alpha value is -0.420. The lowest BCUT2D eigenvalue weighted by Gasteiger charge is -2.09. The summed E-state index contributed by atoms with van der Waals surface area (Å²) in [6.45, 7) is 4.16. The lowest BCUT2D eigenvalue weighted by Crippen LogP contribution is -3.00. The molecule has 0 unspecified atom stereocenters. The topological polar surface area (TPSA) is 40.5 Å². The molecule has 92 valence electrons. The van der Waals surface area contributed by atoms with Crippen LogP contribution in [-0.4, -0.2) is 4.98 Å². The van der Waals surface area contributed by atoms with E-state index in [4.69, 9.17) is 0 Å². The second-order valence-electron chi connectivity index (χ2n) is 4.43. The van der Waals surface area contributed by atoms with Crippen LogP contribution >= 0.6 is 27.3 Å². The fourth-order valence-electron chi connectivity index (χ4n) is 1.34. The Balaban J connectivity index is 0.00000144. The molecule has 1 aromatic carbocycles. The van der Waals surface area contributed by atoms with Crippen LogP contribution in [0, 0.1) is 0 Å². The van der Waals surface area contributed by atoms with Crippen LogP contribution in [0.15, 0.2) is 34.1 Å². The zero-order valence-electron chi connectivity index (χ0n) is 9.71. The van der Waals surface area contributed by atoms with Gasteiger partial charge in [0.15, 0.2) is 5.01 Å². The van der Waals surface area contributed by atoms with Gasteiger partial charge in [-0.05, 0) is 26.0 Å². The maximum absolute atomic E-state index is 4.62. The van der Waals surface area contributed by atoms with E-state index in [0.29, 0.717) is 0 Å². The van der Waals surface area contributed by atoms with Crippen LogP contribution in [-0.2, 0) is 5.54 Å². The van der Waals surface area contributed by atoms with Crippen molar-refractivity contribution in [2.75, 3.05) is 0 Å². The molecule has 0 aliphatic rings. The summed E-state index contributed by atoms with van der Waals surface area (Å²) in [7, 11) is 0. The van der Waals surface area contributed by atoms with Gasteiger partial charge < -0.3 is 18.1 Å². The molecule has 2 nitrogen and oxygen atoms in total. The number of hydrogen-bond acceptors (Lipinski definition) is 2. The summed E-state index contributed by atoms with van der Waals surface area (Å²) >= 11 is 5.10. The van der Waals surface area contributed by atoms with E-state index in [2.05, 4.69) is 58.0 Å². The molecule has 2 rings (SSSR count). The first-order valence-electron chi connectivity index (χ1n) is 5.04. The number of halogens is 2. The number of quaternary nitrogens is 1. The van der Waals surface area contributed by atoms with Gasteiger partial charge in [-0.15, -0.1) is 11.3 Å². The molecule has 0 spiro atoms. The zero-order chi connectivity index (χ0) is 11.8. The van der Waals surface area contributed by atoms with Crippen molar-refractivity contribution >= 4 is 27.3 Å². The third kappa shape index (κ3) is 3.52. The van der Waals surface area contributed by atoms with Crippen LogP contribution < -0.4 is 18.1 Å². The fourth-order valence-corrected chi connectivity index (χ4v) is 2.48. The van der Waals surface area contributed by atoms with Crippen molar-refractivity contribution in [3.63, 3.8) is 0 Å². The first-order chi connectivity index (χ1) is 7.47. The molecule has 1 aromatic heterocycles. The molecule has 2 aromatic rings. The maximum Gasteiger partial charge on any atom is 0.153 e. The van der Waals surface area contributed by atoms with Crippen LogP contribution in [0.2, 0.25) is 0 Å². The van der Waals surface area contributed by atoms with Gasteiger partial charge in [0.2, 0.25) is 0 Å². The summed E-state index contributed by atoms with van der Waals surface area (Å²) in [5.41, 5.74) is 6.17. The SMILES string of the molecule is CC(C)([NH3+])c1nc(-c2ccc(Br)cc2)cs1.[Cl-]. The van der Waals surface area contributed by atoms with E-state index in [1.165, 1.54) is 0 Å². The molecule has 0 aliphatic heterocycles. The van der Waals surface area contributed by atoms with Crippen LogP contribution in [0.25, 0.3) is 11.3 Å². The lowest BCUT2D eigenvalue weighted by atomic mass is 10.1. The predicted molar refractivity (Wildman–Crippen MR) is 71.2 cm³/mol. The highest BCUT2D eigenvalue weighted by atomic mass is 79.9. The average molecular weight is 334 g/mol. The monoisotopic (exact) mass is 332 g/mol. The number of benzene rings is 1. The van der Waals surface area contributed by atoms with Gasteiger partial charge in [0.1, 0.15) is 5.54 Å². The van der Waals surface area contributed by atoms with Crippen LogP contribution in [0.1, 0.15) is 18.9 Å². The summed E-state index contributed by atoms with van der Waals surface area (Å²) in [5, 5.41) is 3.16. The first kappa shape index (κ1) is 14.6. The molecule has 0 saturated heterocycles. The van der Waals surface area contributed by atoms with Crippen molar-refractivity contribution in [2.45, 2.75) is 19.4 Å². The highest BCUT2D eigenvalue weighted by molar-refractivity contribution is 9.10. The third-order valence-electron chi connectivity index (χ3n) is 2.22. The maximum atomic E-state index is 4.62. The Labute approximate surface area is 120 Å². The molecule has 1 heterocycles. The van der Waals surface area contributed by atoms with E-state index in [0.717, 1.165) is 20.7 Å². The number of hydrogen-bond donors (Lipinski definition) is 1. The zero-order valence-corrected chi connectivity index (χ0v) is 12.9. The molecule has 0 saturated carbocycles. The summed E-state index contributed by atoms with van der Waals surface area (Å²) in [5.74, 6) is 0. The van der Waals surface area contributed by atoms with Crippen molar-refractivity contribution in [1.82, 2.24) is 4.98 Å². The van der Waals surface area contributed by atoms with Gasteiger partial charge in [0.05, 0.1) is 5.69 Å². The number of rotatable bonds is 2. The van der Waals surface area contributed by atoms with Crippen molar-refractivity contribution in [3.05, 3.63) is 39.1 Å². The summed E-state index contributed by atoms with van der Waals surface area (Å²) < 4.78 is 1.09. The number of aromatic nitrogens is 1. The Morgan fingerprint density at radius 3 is 2.29 bits per heavy atom. The van der Waals surface area contributed by atoms with Crippen LogP contribution in [0.4, 0.5) is 0 Å². The smallest absolute Gasteiger partial charge is 0.153 e. The number of nitrogens with zero attached hydrogens (tertiary/aromatic N) is 1. The molecule has 3 N–H and O–H groups in total. The van der Waals surface area contributed by atoms with Crippen molar-refractivity contribution in [2.24, 2.45) is 0 Å². The van der Waals surface area contributed by atoms with Crippen molar-refractivity contribution < 1.29 is 18.1 Å². The van der Waals surface area contributed by atoms with Gasteiger partial charge in [0.25, 0.3) is 0 Å². The van der Waals surface area contributed by atoms with Gasteiger partial charge in [-0.25, -0.2) is 4.98 Å². The molecule has 0 atom stereocenters. The van der Waals surface area contributed by atoms with Gasteiger partial charge >= 0.3 is 0 Å². The minimum absolute atomic E-state index is 0. The van der Waals surface area contributed by atoms with Gasteiger partial charge in [-0.1, -0.05) is 28.1 Å². The molecule has 0 aliphatic carbocycles. The Morgan fingerprint density at radius 1 is 1.24 bits per heavy atom. The van der Waals surface area contributed by atoms with Crippen LogP contribution in [0.5, 0.6) is 0 Å². The van der Waals surface area contributed by atoms with Gasteiger partial charge in [-0.3, -0.25) is 0 Å². The standard InChI is InChI=1S/C12H13BrN2S.ClH/c1-12(2,14)11-15-10(7-16-11)8-3-5-9(13)6-4-8;/h3-7H,14H2,1-2H3;1H. The van der Waals surface area contributed by atoms with Crippen molar-refractivity contribution in [3.8, 4) is 11.3 Å². The fraction of sp³-hybridized carbons (Fsp3) is 0.250. The summed E-state index contributed by atoms with van der Waals surface area (Å²) in [4.78, 5) is 4.62. The Bertz CT molecular complexity index is 488. The molecule has 0 bridgehead atoms. The number of thiazole rings is 1. The van der Waals surface area contributed by atoms with Gasteiger partial charge in [-0.2, -0.15) is 0 Å². The van der Waals surface area contributed by atoms with Gasteiger partial charge in [0, 0.05) is 15.4 Å². The summed E-state index contributed by atoms with van der Waals surface area (Å²) in [6, 6.07) is 8.20. The van der Waals surface area contributed by atoms with E-state index in [1.807, 2.05) is 12.1 Å². The molecule has 5 heteroatoms. The van der Waals surface area contributed by atoms with Crippen molar-refractivity contribution in [1.29, 1.82) is 0 Å². The normalized spacial score (nSPS) is 11.1. The van der Waals surface area contributed by atoms with E-state index in [1.54, 1.807) is 11.3 Å². The van der Waals surface area contributed by atoms with E-state index >= 15 is 0 Å². The minimum atomic E-state index is -0.113. The molecular weight excluding hydrogens is 320 g/mol. The largest absolute Gasteiger partial charge is 1.00 e.